The first-order valence-corrected chi connectivity index (χ1v) is 6.79. The van der Waals surface area contributed by atoms with Gasteiger partial charge in [-0.15, -0.1) is 0 Å². The van der Waals surface area contributed by atoms with Crippen molar-refractivity contribution in [2.45, 2.75) is 32.2 Å². The van der Waals surface area contributed by atoms with Gasteiger partial charge >= 0.3 is 0 Å². The first kappa shape index (κ1) is 11.9. The second-order valence-corrected chi connectivity index (χ2v) is 6.12. The van der Waals surface area contributed by atoms with Crippen molar-refractivity contribution in [3.05, 3.63) is 0 Å². The SMILES string of the molecule is CCCS(=O)(=O)N(C)C(CN)C1CC1. The Balaban J connectivity index is 2.65. The molecule has 0 aromatic heterocycles. The van der Waals surface area contributed by atoms with E-state index < -0.39 is 10.0 Å². The summed E-state index contributed by atoms with van der Waals surface area (Å²) in [6.45, 7) is 2.31. The standard InChI is InChI=1S/C9H20N2O2S/c1-3-6-14(12,13)11(2)9(7-10)8-4-5-8/h8-9H,3-7,10H2,1-2H3. The average molecular weight is 220 g/mol. The maximum absolute atomic E-state index is 11.7. The van der Waals surface area contributed by atoms with Gasteiger partial charge in [0.05, 0.1) is 5.75 Å². The Labute approximate surface area is 86.5 Å². The van der Waals surface area contributed by atoms with E-state index in [2.05, 4.69) is 0 Å². The van der Waals surface area contributed by atoms with Crippen LogP contribution in [0.4, 0.5) is 0 Å². The molecule has 0 saturated heterocycles. The number of rotatable bonds is 6. The summed E-state index contributed by atoms with van der Waals surface area (Å²) in [6.07, 6.45) is 2.90. The Morgan fingerprint density at radius 3 is 2.43 bits per heavy atom. The highest BCUT2D eigenvalue weighted by Gasteiger charge is 2.36. The van der Waals surface area contributed by atoms with Gasteiger partial charge in [-0.05, 0) is 25.2 Å². The summed E-state index contributed by atoms with van der Waals surface area (Å²) in [5.41, 5.74) is 5.60. The zero-order valence-electron chi connectivity index (χ0n) is 8.94. The molecule has 1 rings (SSSR count). The van der Waals surface area contributed by atoms with Crippen LogP contribution in [0.2, 0.25) is 0 Å². The zero-order chi connectivity index (χ0) is 10.8. The molecular formula is C9H20N2O2S. The predicted octanol–water partition coefficient (Wildman–Crippen LogP) is 0.395. The van der Waals surface area contributed by atoms with Crippen molar-refractivity contribution < 1.29 is 8.42 Å². The van der Waals surface area contributed by atoms with Gasteiger partial charge in [0, 0.05) is 19.6 Å². The van der Waals surface area contributed by atoms with Crippen molar-refractivity contribution in [2.75, 3.05) is 19.3 Å². The van der Waals surface area contributed by atoms with Crippen LogP contribution in [-0.2, 0) is 10.0 Å². The molecule has 0 amide bonds. The minimum absolute atomic E-state index is 0.0200. The largest absolute Gasteiger partial charge is 0.329 e. The summed E-state index contributed by atoms with van der Waals surface area (Å²) < 4.78 is 24.9. The molecule has 5 heteroatoms. The third kappa shape index (κ3) is 2.68. The molecule has 0 bridgehead atoms. The lowest BCUT2D eigenvalue weighted by atomic mass is 10.2. The Bertz CT molecular complexity index is 273. The first-order valence-electron chi connectivity index (χ1n) is 5.18. The van der Waals surface area contributed by atoms with Crippen LogP contribution in [0.1, 0.15) is 26.2 Å². The van der Waals surface area contributed by atoms with E-state index >= 15 is 0 Å². The molecule has 0 aliphatic heterocycles. The smallest absolute Gasteiger partial charge is 0.214 e. The molecule has 14 heavy (non-hydrogen) atoms. The normalized spacial score (nSPS) is 20.0. The Morgan fingerprint density at radius 1 is 1.50 bits per heavy atom. The highest BCUT2D eigenvalue weighted by molar-refractivity contribution is 7.89. The number of hydrogen-bond acceptors (Lipinski definition) is 3. The fraction of sp³-hybridized carbons (Fsp3) is 1.00. The van der Waals surface area contributed by atoms with Crippen molar-refractivity contribution >= 4 is 10.0 Å². The van der Waals surface area contributed by atoms with E-state index in [1.165, 1.54) is 4.31 Å². The first-order chi connectivity index (χ1) is 6.53. The van der Waals surface area contributed by atoms with Gasteiger partial charge in [-0.3, -0.25) is 0 Å². The van der Waals surface area contributed by atoms with Crippen LogP contribution < -0.4 is 5.73 Å². The summed E-state index contributed by atoms with van der Waals surface area (Å²) in [7, 11) is -1.42. The minimum Gasteiger partial charge on any atom is -0.329 e. The molecule has 1 aliphatic carbocycles. The average Bonchev–Trinajstić information content (AvgIpc) is 2.89. The van der Waals surface area contributed by atoms with Crippen LogP contribution in [0.25, 0.3) is 0 Å². The van der Waals surface area contributed by atoms with Gasteiger partial charge in [-0.25, -0.2) is 12.7 Å². The number of hydrogen-bond donors (Lipinski definition) is 1. The van der Waals surface area contributed by atoms with Gasteiger partial charge in [-0.1, -0.05) is 6.92 Å². The van der Waals surface area contributed by atoms with E-state index in [1.807, 2.05) is 6.92 Å². The Kier molecular flexibility index (Phi) is 3.92. The third-order valence-corrected chi connectivity index (χ3v) is 4.85. The van der Waals surface area contributed by atoms with Crippen LogP contribution in [0, 0.1) is 5.92 Å². The van der Waals surface area contributed by atoms with Crippen LogP contribution in [0.15, 0.2) is 0 Å². The van der Waals surface area contributed by atoms with Gasteiger partial charge < -0.3 is 5.73 Å². The second kappa shape index (κ2) is 4.59. The van der Waals surface area contributed by atoms with E-state index in [0.717, 1.165) is 12.8 Å². The highest BCUT2D eigenvalue weighted by Crippen LogP contribution is 2.35. The molecule has 1 saturated carbocycles. The number of nitrogens with zero attached hydrogens (tertiary/aromatic N) is 1. The molecule has 0 spiro atoms. The fourth-order valence-corrected chi connectivity index (χ4v) is 3.20. The van der Waals surface area contributed by atoms with Gasteiger partial charge in [-0.2, -0.15) is 0 Å². The highest BCUT2D eigenvalue weighted by atomic mass is 32.2. The van der Waals surface area contributed by atoms with Crippen LogP contribution in [0.3, 0.4) is 0 Å². The maximum atomic E-state index is 11.7. The van der Waals surface area contributed by atoms with E-state index in [1.54, 1.807) is 7.05 Å². The van der Waals surface area contributed by atoms with Gasteiger partial charge in [0.1, 0.15) is 0 Å². The molecule has 1 unspecified atom stereocenters. The number of likely N-dealkylation sites (N-methyl/N-ethyl adjacent to an activating group) is 1. The Hall–Kier alpha value is -0.130. The van der Waals surface area contributed by atoms with Gasteiger partial charge in [0.15, 0.2) is 0 Å². The van der Waals surface area contributed by atoms with Gasteiger partial charge in [0.25, 0.3) is 0 Å². The van der Waals surface area contributed by atoms with Crippen LogP contribution >= 0.6 is 0 Å². The molecule has 0 aromatic carbocycles. The summed E-state index contributed by atoms with van der Waals surface area (Å²) in [4.78, 5) is 0. The van der Waals surface area contributed by atoms with E-state index in [9.17, 15) is 8.42 Å². The van der Waals surface area contributed by atoms with Crippen molar-refractivity contribution in [1.82, 2.24) is 4.31 Å². The summed E-state index contributed by atoms with van der Waals surface area (Å²) >= 11 is 0. The fourth-order valence-electron chi connectivity index (χ4n) is 1.73. The molecule has 1 fully saturated rings. The van der Waals surface area contributed by atoms with Crippen LogP contribution in [0.5, 0.6) is 0 Å². The summed E-state index contributed by atoms with van der Waals surface area (Å²) in [5.74, 6) is 0.726. The zero-order valence-corrected chi connectivity index (χ0v) is 9.76. The molecule has 1 aliphatic rings. The van der Waals surface area contributed by atoms with Crippen molar-refractivity contribution in [1.29, 1.82) is 0 Å². The molecule has 1 atom stereocenters. The molecule has 0 heterocycles. The topological polar surface area (TPSA) is 63.4 Å². The number of nitrogens with two attached hydrogens (primary N) is 1. The molecule has 4 nitrogen and oxygen atoms in total. The van der Waals surface area contributed by atoms with E-state index in [-0.39, 0.29) is 11.8 Å². The quantitative estimate of drug-likeness (QED) is 0.704. The third-order valence-electron chi connectivity index (χ3n) is 2.78. The van der Waals surface area contributed by atoms with E-state index in [4.69, 9.17) is 5.73 Å². The summed E-state index contributed by atoms with van der Waals surface area (Å²) in [6, 6.07) is 0.0200. The van der Waals surface area contributed by atoms with Crippen molar-refractivity contribution in [3.63, 3.8) is 0 Å². The minimum atomic E-state index is -3.07. The predicted molar refractivity (Wildman–Crippen MR) is 57.4 cm³/mol. The molecular weight excluding hydrogens is 200 g/mol. The maximum Gasteiger partial charge on any atom is 0.214 e. The Morgan fingerprint density at radius 2 is 2.07 bits per heavy atom. The lowest BCUT2D eigenvalue weighted by Crippen LogP contribution is -2.44. The summed E-state index contributed by atoms with van der Waals surface area (Å²) in [5, 5.41) is 0. The van der Waals surface area contributed by atoms with Crippen molar-refractivity contribution in [2.24, 2.45) is 11.7 Å². The lowest BCUT2D eigenvalue weighted by Gasteiger charge is -2.26. The lowest BCUT2D eigenvalue weighted by molar-refractivity contribution is 0.340. The van der Waals surface area contributed by atoms with Gasteiger partial charge in [0.2, 0.25) is 10.0 Å². The van der Waals surface area contributed by atoms with Crippen molar-refractivity contribution in [3.8, 4) is 0 Å². The van der Waals surface area contributed by atoms with E-state index in [0.29, 0.717) is 18.9 Å². The number of sulfonamides is 1. The molecule has 0 aromatic rings. The molecule has 2 N–H and O–H groups in total. The molecule has 0 radical (unpaired) electrons. The monoisotopic (exact) mass is 220 g/mol. The second-order valence-electron chi connectivity index (χ2n) is 3.97. The van der Waals surface area contributed by atoms with Crippen LogP contribution in [-0.4, -0.2) is 38.1 Å². The molecule has 84 valence electrons.